The van der Waals surface area contributed by atoms with Gasteiger partial charge >= 0.3 is 0 Å². The lowest BCUT2D eigenvalue weighted by Gasteiger charge is -2.06. The van der Waals surface area contributed by atoms with Crippen molar-refractivity contribution in [2.24, 2.45) is 0 Å². The van der Waals surface area contributed by atoms with E-state index in [0.29, 0.717) is 16.6 Å². The summed E-state index contributed by atoms with van der Waals surface area (Å²) in [6, 6.07) is 5.29. The molecular formula is C15H18FN3S. The summed E-state index contributed by atoms with van der Waals surface area (Å²) in [6.45, 7) is 5.66. The predicted molar refractivity (Wildman–Crippen MR) is 79.3 cm³/mol. The van der Waals surface area contributed by atoms with Crippen molar-refractivity contribution in [2.45, 2.75) is 36.9 Å². The highest BCUT2D eigenvalue weighted by Crippen LogP contribution is 2.27. The second-order valence-corrected chi connectivity index (χ2v) is 5.60. The molecule has 0 aliphatic rings. The van der Waals surface area contributed by atoms with Crippen LogP contribution in [0.3, 0.4) is 0 Å². The van der Waals surface area contributed by atoms with Crippen molar-refractivity contribution in [1.29, 1.82) is 0 Å². The molecule has 0 aliphatic heterocycles. The first-order valence-electron chi connectivity index (χ1n) is 6.64. The fraction of sp³-hybridized carbons (Fsp3) is 0.333. The van der Waals surface area contributed by atoms with Crippen LogP contribution < -0.4 is 5.32 Å². The third kappa shape index (κ3) is 4.28. The maximum absolute atomic E-state index is 14.0. The van der Waals surface area contributed by atoms with E-state index >= 15 is 0 Å². The largest absolute Gasteiger partial charge is 0.313 e. The third-order valence-corrected chi connectivity index (χ3v) is 3.66. The Bertz CT molecular complexity index is 558. The van der Waals surface area contributed by atoms with E-state index in [1.165, 1.54) is 11.8 Å². The molecule has 1 heterocycles. The minimum Gasteiger partial charge on any atom is -0.313 e. The average Bonchev–Trinajstić information content (AvgIpc) is 2.44. The van der Waals surface area contributed by atoms with Gasteiger partial charge in [0.05, 0.1) is 4.90 Å². The van der Waals surface area contributed by atoms with Crippen molar-refractivity contribution in [1.82, 2.24) is 15.3 Å². The van der Waals surface area contributed by atoms with Crippen LogP contribution in [-0.2, 0) is 6.54 Å². The van der Waals surface area contributed by atoms with E-state index in [9.17, 15) is 4.39 Å². The molecule has 106 valence electrons. The van der Waals surface area contributed by atoms with Crippen molar-refractivity contribution in [3.8, 4) is 0 Å². The van der Waals surface area contributed by atoms with Gasteiger partial charge in [-0.05, 0) is 54.9 Å². The smallest absolute Gasteiger partial charge is 0.192 e. The van der Waals surface area contributed by atoms with Gasteiger partial charge in [0.15, 0.2) is 5.16 Å². The van der Waals surface area contributed by atoms with Gasteiger partial charge < -0.3 is 5.32 Å². The van der Waals surface area contributed by atoms with E-state index in [4.69, 9.17) is 0 Å². The van der Waals surface area contributed by atoms with E-state index in [1.807, 2.05) is 13.0 Å². The molecule has 0 saturated carbocycles. The number of aromatic nitrogens is 2. The van der Waals surface area contributed by atoms with Crippen molar-refractivity contribution in [3.05, 3.63) is 47.5 Å². The fourth-order valence-electron chi connectivity index (χ4n) is 1.68. The van der Waals surface area contributed by atoms with Crippen LogP contribution in [0.4, 0.5) is 4.39 Å². The van der Waals surface area contributed by atoms with E-state index in [-0.39, 0.29) is 5.82 Å². The van der Waals surface area contributed by atoms with Gasteiger partial charge in [0.2, 0.25) is 0 Å². The van der Waals surface area contributed by atoms with Crippen molar-refractivity contribution in [2.75, 3.05) is 6.54 Å². The zero-order chi connectivity index (χ0) is 14.4. The summed E-state index contributed by atoms with van der Waals surface area (Å²) < 4.78 is 14.0. The maximum atomic E-state index is 14.0. The Kier molecular flexibility index (Phi) is 5.49. The van der Waals surface area contributed by atoms with Gasteiger partial charge in [-0.1, -0.05) is 13.0 Å². The number of rotatable bonds is 6. The molecule has 1 N–H and O–H groups in total. The van der Waals surface area contributed by atoms with Gasteiger partial charge in [-0.3, -0.25) is 0 Å². The molecule has 0 bridgehead atoms. The predicted octanol–water partition coefficient (Wildman–Crippen LogP) is 3.57. The molecule has 0 radical (unpaired) electrons. The Balaban J connectivity index is 2.03. The highest BCUT2D eigenvalue weighted by Gasteiger charge is 2.07. The van der Waals surface area contributed by atoms with E-state index in [2.05, 4.69) is 22.2 Å². The number of hydrogen-bond acceptors (Lipinski definition) is 4. The lowest BCUT2D eigenvalue weighted by Crippen LogP contribution is -2.13. The van der Waals surface area contributed by atoms with Crippen LogP contribution in [0.5, 0.6) is 0 Å². The summed E-state index contributed by atoms with van der Waals surface area (Å²) in [5.74, 6) is -0.227. The number of halogens is 1. The molecule has 5 heteroatoms. The highest BCUT2D eigenvalue weighted by atomic mass is 32.2. The molecule has 0 spiro atoms. The summed E-state index contributed by atoms with van der Waals surface area (Å²) in [7, 11) is 0. The third-order valence-electron chi connectivity index (χ3n) is 2.71. The van der Waals surface area contributed by atoms with Crippen LogP contribution >= 0.6 is 11.8 Å². The van der Waals surface area contributed by atoms with E-state index < -0.39 is 0 Å². The molecule has 1 aromatic carbocycles. The SMILES string of the molecule is CCCNCc1ccc(Sc2ncc(C)cn2)c(F)c1. The number of hydrogen-bond donors (Lipinski definition) is 1. The molecule has 0 atom stereocenters. The second-order valence-electron chi connectivity index (χ2n) is 4.59. The van der Waals surface area contributed by atoms with Crippen molar-refractivity contribution < 1.29 is 4.39 Å². The number of nitrogens with one attached hydrogen (secondary N) is 1. The van der Waals surface area contributed by atoms with Crippen LogP contribution in [-0.4, -0.2) is 16.5 Å². The molecule has 0 unspecified atom stereocenters. The first-order chi connectivity index (χ1) is 9.69. The van der Waals surface area contributed by atoms with E-state index in [1.54, 1.807) is 24.5 Å². The van der Waals surface area contributed by atoms with Crippen LogP contribution in [0.25, 0.3) is 0 Å². The van der Waals surface area contributed by atoms with Gasteiger partial charge in [0.25, 0.3) is 0 Å². The summed E-state index contributed by atoms with van der Waals surface area (Å²) in [4.78, 5) is 8.89. The van der Waals surface area contributed by atoms with Gasteiger partial charge in [0.1, 0.15) is 5.82 Å². The van der Waals surface area contributed by atoms with Crippen LogP contribution in [0.2, 0.25) is 0 Å². The second kappa shape index (κ2) is 7.36. The Morgan fingerprint density at radius 2 is 2.00 bits per heavy atom. The lowest BCUT2D eigenvalue weighted by molar-refractivity contribution is 0.594. The molecule has 1 aromatic heterocycles. The highest BCUT2D eigenvalue weighted by molar-refractivity contribution is 7.99. The summed E-state index contributed by atoms with van der Waals surface area (Å²) in [6.07, 6.45) is 4.54. The standard InChI is InChI=1S/C15H18FN3S/c1-3-6-17-10-12-4-5-14(13(16)7-12)20-15-18-8-11(2)9-19-15/h4-5,7-9,17H,3,6,10H2,1-2H3. The van der Waals surface area contributed by atoms with Crippen molar-refractivity contribution in [3.63, 3.8) is 0 Å². The molecule has 2 rings (SSSR count). The zero-order valence-corrected chi connectivity index (χ0v) is 12.5. The molecule has 0 aliphatic carbocycles. The summed E-state index contributed by atoms with van der Waals surface area (Å²) >= 11 is 1.24. The van der Waals surface area contributed by atoms with E-state index in [0.717, 1.165) is 24.1 Å². The fourth-order valence-corrected chi connectivity index (χ4v) is 2.38. The molecule has 20 heavy (non-hydrogen) atoms. The quantitative estimate of drug-likeness (QED) is 0.652. The maximum Gasteiger partial charge on any atom is 0.192 e. The van der Waals surface area contributed by atoms with Gasteiger partial charge in [-0.25, -0.2) is 14.4 Å². The molecule has 0 amide bonds. The number of benzene rings is 1. The average molecular weight is 291 g/mol. The van der Waals surface area contributed by atoms with Gasteiger partial charge in [0, 0.05) is 18.9 Å². The molecule has 0 fully saturated rings. The monoisotopic (exact) mass is 291 g/mol. The zero-order valence-electron chi connectivity index (χ0n) is 11.7. The lowest BCUT2D eigenvalue weighted by atomic mass is 10.2. The first-order valence-corrected chi connectivity index (χ1v) is 7.46. The molecule has 3 nitrogen and oxygen atoms in total. The number of aryl methyl sites for hydroxylation is 1. The molecule has 0 saturated heterocycles. The summed E-state index contributed by atoms with van der Waals surface area (Å²) in [5, 5.41) is 3.82. The Morgan fingerprint density at radius 1 is 1.25 bits per heavy atom. The Morgan fingerprint density at radius 3 is 2.65 bits per heavy atom. The topological polar surface area (TPSA) is 37.8 Å². The number of nitrogens with zero attached hydrogens (tertiary/aromatic N) is 2. The Labute approximate surface area is 123 Å². The minimum atomic E-state index is -0.227. The van der Waals surface area contributed by atoms with Crippen molar-refractivity contribution >= 4 is 11.8 Å². The van der Waals surface area contributed by atoms with Gasteiger partial charge in [-0.2, -0.15) is 0 Å². The first kappa shape index (κ1) is 14.9. The Hall–Kier alpha value is -1.46. The normalized spacial score (nSPS) is 10.8. The van der Waals surface area contributed by atoms with Gasteiger partial charge in [-0.15, -0.1) is 0 Å². The molecular weight excluding hydrogens is 273 g/mol. The van der Waals surface area contributed by atoms with Crippen LogP contribution in [0.15, 0.2) is 40.6 Å². The minimum absolute atomic E-state index is 0.227. The van der Waals surface area contributed by atoms with Crippen LogP contribution in [0.1, 0.15) is 24.5 Å². The van der Waals surface area contributed by atoms with Crippen LogP contribution in [0, 0.1) is 12.7 Å². The summed E-state index contributed by atoms with van der Waals surface area (Å²) in [5.41, 5.74) is 1.94. The molecule has 2 aromatic rings.